The SMILES string of the molecule is C=C(C)S(=O)(=O)NCC(=O)OCC. The van der Waals surface area contributed by atoms with Gasteiger partial charge in [-0.2, -0.15) is 0 Å². The Hall–Kier alpha value is -0.880. The molecule has 0 saturated carbocycles. The Morgan fingerprint density at radius 3 is 2.46 bits per heavy atom. The summed E-state index contributed by atoms with van der Waals surface area (Å²) in [6, 6.07) is 0. The summed E-state index contributed by atoms with van der Waals surface area (Å²) in [5.74, 6) is -0.604. The van der Waals surface area contributed by atoms with Crippen molar-refractivity contribution in [2.45, 2.75) is 13.8 Å². The fourth-order valence-electron chi connectivity index (χ4n) is 0.489. The molecule has 76 valence electrons. The Bertz CT molecular complexity index is 294. The zero-order valence-corrected chi connectivity index (χ0v) is 8.48. The summed E-state index contributed by atoms with van der Waals surface area (Å²) in [5.41, 5.74) is 0. The molecule has 0 spiro atoms. The number of sulfonamides is 1. The minimum Gasteiger partial charge on any atom is -0.465 e. The topological polar surface area (TPSA) is 72.5 Å². The molecule has 0 amide bonds. The Kier molecular flexibility index (Phi) is 4.64. The van der Waals surface area contributed by atoms with Crippen LogP contribution in [0.15, 0.2) is 11.5 Å². The zero-order valence-electron chi connectivity index (χ0n) is 7.66. The summed E-state index contributed by atoms with van der Waals surface area (Å²) < 4.78 is 28.6. The van der Waals surface area contributed by atoms with Crippen molar-refractivity contribution < 1.29 is 17.9 Å². The highest BCUT2D eigenvalue weighted by atomic mass is 32.2. The first-order valence-electron chi connectivity index (χ1n) is 3.71. The van der Waals surface area contributed by atoms with Gasteiger partial charge in [0.15, 0.2) is 0 Å². The Morgan fingerprint density at radius 1 is 1.54 bits per heavy atom. The lowest BCUT2D eigenvalue weighted by atomic mass is 10.7. The maximum atomic E-state index is 11.0. The summed E-state index contributed by atoms with van der Waals surface area (Å²) in [5, 5.41) is 0. The molecule has 13 heavy (non-hydrogen) atoms. The maximum Gasteiger partial charge on any atom is 0.321 e. The van der Waals surface area contributed by atoms with Crippen molar-refractivity contribution in [3.63, 3.8) is 0 Å². The van der Waals surface area contributed by atoms with Crippen LogP contribution in [0.3, 0.4) is 0 Å². The van der Waals surface area contributed by atoms with Gasteiger partial charge in [-0.1, -0.05) is 6.58 Å². The van der Waals surface area contributed by atoms with Gasteiger partial charge in [-0.3, -0.25) is 4.79 Å². The second kappa shape index (κ2) is 4.98. The lowest BCUT2D eigenvalue weighted by molar-refractivity contribution is -0.141. The fourth-order valence-corrected chi connectivity index (χ4v) is 1.04. The molecule has 0 aliphatic carbocycles. The average Bonchev–Trinajstić information content (AvgIpc) is 2.01. The number of carbonyl (C=O) groups is 1. The van der Waals surface area contributed by atoms with Gasteiger partial charge in [0.25, 0.3) is 0 Å². The monoisotopic (exact) mass is 207 g/mol. The number of hydrogen-bond donors (Lipinski definition) is 1. The molecule has 0 heterocycles. The van der Waals surface area contributed by atoms with Crippen LogP contribution in [0.2, 0.25) is 0 Å². The predicted octanol–water partition coefficient (Wildman–Crippen LogP) is 0.00250. The number of nitrogens with one attached hydrogen (secondary N) is 1. The fraction of sp³-hybridized carbons (Fsp3) is 0.571. The minimum absolute atomic E-state index is 0.0307. The summed E-state index contributed by atoms with van der Waals surface area (Å²) in [6.07, 6.45) is 0. The molecule has 0 aromatic rings. The van der Waals surface area contributed by atoms with Gasteiger partial charge in [-0.15, -0.1) is 0 Å². The first kappa shape index (κ1) is 12.1. The maximum absolute atomic E-state index is 11.0. The van der Waals surface area contributed by atoms with Crippen LogP contribution in [0.4, 0.5) is 0 Å². The van der Waals surface area contributed by atoms with E-state index in [2.05, 4.69) is 11.3 Å². The molecule has 0 aliphatic heterocycles. The Balaban J connectivity index is 4.04. The standard InChI is InChI=1S/C7H13NO4S/c1-4-12-7(9)5-8-13(10,11)6(2)3/h8H,2,4-5H2,1,3H3. The van der Waals surface area contributed by atoms with Crippen molar-refractivity contribution in [2.75, 3.05) is 13.2 Å². The van der Waals surface area contributed by atoms with E-state index in [4.69, 9.17) is 0 Å². The van der Waals surface area contributed by atoms with E-state index < -0.39 is 16.0 Å². The molecular weight excluding hydrogens is 194 g/mol. The number of hydrogen-bond acceptors (Lipinski definition) is 4. The van der Waals surface area contributed by atoms with Crippen LogP contribution in [0.5, 0.6) is 0 Å². The third kappa shape index (κ3) is 4.64. The van der Waals surface area contributed by atoms with Gasteiger partial charge in [0, 0.05) is 4.91 Å². The zero-order chi connectivity index (χ0) is 10.5. The van der Waals surface area contributed by atoms with Crippen LogP contribution >= 0.6 is 0 Å². The van der Waals surface area contributed by atoms with E-state index in [1.54, 1.807) is 6.92 Å². The van der Waals surface area contributed by atoms with E-state index >= 15 is 0 Å². The van der Waals surface area contributed by atoms with Crippen LogP contribution in [-0.4, -0.2) is 27.5 Å². The number of esters is 1. The molecule has 1 N–H and O–H groups in total. The van der Waals surface area contributed by atoms with Gasteiger partial charge in [-0.25, -0.2) is 13.1 Å². The van der Waals surface area contributed by atoms with Crippen LogP contribution < -0.4 is 4.72 Å². The van der Waals surface area contributed by atoms with Gasteiger partial charge in [0.2, 0.25) is 10.0 Å². The van der Waals surface area contributed by atoms with Crippen molar-refractivity contribution in [1.82, 2.24) is 4.72 Å². The van der Waals surface area contributed by atoms with Crippen LogP contribution in [0, 0.1) is 0 Å². The smallest absolute Gasteiger partial charge is 0.321 e. The predicted molar refractivity (Wildman–Crippen MR) is 48.4 cm³/mol. The first-order valence-corrected chi connectivity index (χ1v) is 5.19. The third-order valence-electron chi connectivity index (χ3n) is 1.17. The lowest BCUT2D eigenvalue weighted by Crippen LogP contribution is -2.30. The number of rotatable bonds is 5. The lowest BCUT2D eigenvalue weighted by Gasteiger charge is -2.04. The molecule has 0 aliphatic rings. The van der Waals surface area contributed by atoms with E-state index in [-0.39, 0.29) is 18.1 Å². The highest BCUT2D eigenvalue weighted by molar-refractivity contribution is 7.93. The van der Waals surface area contributed by atoms with Gasteiger partial charge in [-0.05, 0) is 13.8 Å². The van der Waals surface area contributed by atoms with Crippen molar-refractivity contribution >= 4 is 16.0 Å². The molecule has 5 nitrogen and oxygen atoms in total. The molecule has 0 saturated heterocycles. The quantitative estimate of drug-likeness (QED) is 0.644. The van der Waals surface area contributed by atoms with Gasteiger partial charge >= 0.3 is 5.97 Å². The molecule has 0 unspecified atom stereocenters. The Labute approximate surface area is 77.8 Å². The normalized spacial score (nSPS) is 10.9. The summed E-state index contributed by atoms with van der Waals surface area (Å²) in [4.78, 5) is 10.7. The number of allylic oxidation sites excluding steroid dienone is 1. The van der Waals surface area contributed by atoms with E-state index in [0.717, 1.165) is 0 Å². The van der Waals surface area contributed by atoms with Crippen molar-refractivity contribution in [3.8, 4) is 0 Å². The molecule has 0 rings (SSSR count). The van der Waals surface area contributed by atoms with Crippen molar-refractivity contribution in [1.29, 1.82) is 0 Å². The molecule has 0 radical (unpaired) electrons. The second-order valence-electron chi connectivity index (χ2n) is 2.33. The molecule has 0 bridgehead atoms. The third-order valence-corrected chi connectivity index (χ3v) is 2.61. The molecule has 0 atom stereocenters. The average molecular weight is 207 g/mol. The first-order chi connectivity index (χ1) is 5.90. The van der Waals surface area contributed by atoms with E-state index in [9.17, 15) is 13.2 Å². The summed E-state index contributed by atoms with van der Waals surface area (Å²) >= 11 is 0. The molecular formula is C7H13NO4S. The van der Waals surface area contributed by atoms with E-state index in [0.29, 0.717) is 0 Å². The molecule has 6 heteroatoms. The molecule has 0 aromatic heterocycles. The van der Waals surface area contributed by atoms with Crippen LogP contribution in [-0.2, 0) is 19.6 Å². The summed E-state index contributed by atoms with van der Waals surface area (Å²) in [7, 11) is -3.56. The van der Waals surface area contributed by atoms with Crippen LogP contribution in [0.1, 0.15) is 13.8 Å². The molecule has 0 aromatic carbocycles. The summed E-state index contributed by atoms with van der Waals surface area (Å²) in [6.45, 7) is 6.10. The van der Waals surface area contributed by atoms with Gasteiger partial charge in [0.1, 0.15) is 6.54 Å². The van der Waals surface area contributed by atoms with Gasteiger partial charge < -0.3 is 4.74 Å². The van der Waals surface area contributed by atoms with Gasteiger partial charge in [0.05, 0.1) is 6.61 Å². The second-order valence-corrected chi connectivity index (χ2v) is 4.32. The van der Waals surface area contributed by atoms with E-state index in [1.807, 2.05) is 4.72 Å². The minimum atomic E-state index is -3.56. The van der Waals surface area contributed by atoms with Crippen LogP contribution in [0.25, 0.3) is 0 Å². The van der Waals surface area contributed by atoms with E-state index in [1.165, 1.54) is 6.92 Å². The highest BCUT2D eigenvalue weighted by Crippen LogP contribution is 1.97. The Morgan fingerprint density at radius 2 is 2.08 bits per heavy atom. The highest BCUT2D eigenvalue weighted by Gasteiger charge is 2.12. The largest absolute Gasteiger partial charge is 0.465 e. The molecule has 0 fully saturated rings. The number of ether oxygens (including phenoxy) is 1. The van der Waals surface area contributed by atoms with Crippen molar-refractivity contribution in [3.05, 3.63) is 11.5 Å². The van der Waals surface area contributed by atoms with Crippen molar-refractivity contribution in [2.24, 2.45) is 0 Å². The number of carbonyl (C=O) groups excluding carboxylic acids is 1.